The third kappa shape index (κ3) is 5.03. The molecule has 1 atom stereocenters. The number of morpholine rings is 1. The molecule has 2 fully saturated rings. The number of piperidine rings is 1. The molecule has 1 aromatic rings. The van der Waals surface area contributed by atoms with Crippen LogP contribution in [0.4, 0.5) is 0 Å². The molecule has 1 aromatic carbocycles. The minimum absolute atomic E-state index is 0.0464. The van der Waals surface area contributed by atoms with Gasteiger partial charge < -0.3 is 10.1 Å². The first-order chi connectivity index (χ1) is 12.3. The van der Waals surface area contributed by atoms with E-state index in [9.17, 15) is 4.79 Å². The van der Waals surface area contributed by atoms with Crippen LogP contribution in [0.1, 0.15) is 37.3 Å². The van der Waals surface area contributed by atoms with Crippen LogP contribution >= 0.6 is 0 Å². The van der Waals surface area contributed by atoms with Crippen molar-refractivity contribution in [2.24, 2.45) is 0 Å². The van der Waals surface area contributed by atoms with E-state index in [1.165, 1.54) is 17.5 Å². The number of likely N-dealkylation sites (tertiary alicyclic amines) is 1. The van der Waals surface area contributed by atoms with Crippen molar-refractivity contribution in [2.75, 3.05) is 39.4 Å². The number of ether oxygens (including phenoxy) is 1. The van der Waals surface area contributed by atoms with Crippen LogP contribution in [0.25, 0.3) is 0 Å². The molecule has 0 bridgehead atoms. The summed E-state index contributed by atoms with van der Waals surface area (Å²) in [4.78, 5) is 17.4. The van der Waals surface area contributed by atoms with Gasteiger partial charge in [0.2, 0.25) is 5.91 Å². The van der Waals surface area contributed by atoms with Crippen molar-refractivity contribution in [3.05, 3.63) is 35.4 Å². The standard InChI is InChI=1S/C20H31N3O2/c1-2-23-10-6-5-9-19(23)20(24)21-15-17-7-3-4-8-18(17)16-22-11-13-25-14-12-22/h3-4,7-8,19H,2,5-6,9-16H2,1H3,(H,21,24)/t19-/m0/s1. The minimum atomic E-state index is 0.0464. The van der Waals surface area contributed by atoms with Crippen molar-refractivity contribution in [1.29, 1.82) is 0 Å². The molecule has 0 aromatic heterocycles. The van der Waals surface area contributed by atoms with E-state index in [1.54, 1.807) is 0 Å². The summed E-state index contributed by atoms with van der Waals surface area (Å²) in [5, 5.41) is 3.19. The van der Waals surface area contributed by atoms with Crippen LogP contribution in [-0.4, -0.2) is 61.1 Å². The Morgan fingerprint density at radius 1 is 1.16 bits per heavy atom. The molecule has 25 heavy (non-hydrogen) atoms. The maximum absolute atomic E-state index is 12.7. The number of hydrogen-bond acceptors (Lipinski definition) is 4. The zero-order valence-corrected chi connectivity index (χ0v) is 15.4. The molecule has 2 heterocycles. The molecule has 1 N–H and O–H groups in total. The Morgan fingerprint density at radius 3 is 2.68 bits per heavy atom. The summed E-state index contributed by atoms with van der Waals surface area (Å²) >= 11 is 0. The largest absolute Gasteiger partial charge is 0.379 e. The number of likely N-dealkylation sites (N-methyl/N-ethyl adjacent to an activating group) is 1. The van der Waals surface area contributed by atoms with Crippen LogP contribution in [0.2, 0.25) is 0 Å². The second kappa shape index (κ2) is 9.32. The Kier molecular flexibility index (Phi) is 6.84. The molecule has 0 radical (unpaired) electrons. The molecule has 2 aliphatic rings. The fourth-order valence-corrected chi connectivity index (χ4v) is 3.85. The molecule has 0 saturated carbocycles. The van der Waals surface area contributed by atoms with Gasteiger partial charge in [0.1, 0.15) is 0 Å². The van der Waals surface area contributed by atoms with Crippen molar-refractivity contribution in [3.63, 3.8) is 0 Å². The molecule has 138 valence electrons. The highest BCUT2D eigenvalue weighted by molar-refractivity contribution is 5.81. The normalized spacial score (nSPS) is 22.7. The van der Waals surface area contributed by atoms with E-state index in [0.717, 1.165) is 58.8 Å². The van der Waals surface area contributed by atoms with E-state index in [2.05, 4.69) is 46.3 Å². The maximum Gasteiger partial charge on any atom is 0.237 e. The number of carbonyl (C=O) groups excluding carboxylic acids is 1. The van der Waals surface area contributed by atoms with Crippen LogP contribution in [0.15, 0.2) is 24.3 Å². The van der Waals surface area contributed by atoms with E-state index in [-0.39, 0.29) is 11.9 Å². The van der Waals surface area contributed by atoms with Crippen LogP contribution in [0, 0.1) is 0 Å². The lowest BCUT2D eigenvalue weighted by molar-refractivity contribution is -0.127. The molecule has 0 unspecified atom stereocenters. The highest BCUT2D eigenvalue weighted by Crippen LogP contribution is 2.17. The fourth-order valence-electron chi connectivity index (χ4n) is 3.85. The zero-order valence-electron chi connectivity index (χ0n) is 15.4. The average Bonchev–Trinajstić information content (AvgIpc) is 2.68. The highest BCUT2D eigenvalue weighted by Gasteiger charge is 2.27. The topological polar surface area (TPSA) is 44.8 Å². The van der Waals surface area contributed by atoms with Crippen molar-refractivity contribution in [3.8, 4) is 0 Å². The second-order valence-corrected chi connectivity index (χ2v) is 7.02. The van der Waals surface area contributed by atoms with E-state index >= 15 is 0 Å². The number of carbonyl (C=O) groups is 1. The first-order valence-corrected chi connectivity index (χ1v) is 9.66. The van der Waals surface area contributed by atoms with Gasteiger partial charge in [0, 0.05) is 26.2 Å². The lowest BCUT2D eigenvalue weighted by Gasteiger charge is -2.33. The molecule has 0 spiro atoms. The monoisotopic (exact) mass is 345 g/mol. The molecule has 2 aliphatic heterocycles. The Bertz CT molecular complexity index is 558. The maximum atomic E-state index is 12.7. The van der Waals surface area contributed by atoms with Crippen LogP contribution < -0.4 is 5.32 Å². The van der Waals surface area contributed by atoms with Gasteiger partial charge in [-0.25, -0.2) is 0 Å². The van der Waals surface area contributed by atoms with Crippen LogP contribution in [-0.2, 0) is 22.6 Å². The van der Waals surface area contributed by atoms with Gasteiger partial charge in [-0.1, -0.05) is 37.6 Å². The van der Waals surface area contributed by atoms with Crippen molar-refractivity contribution < 1.29 is 9.53 Å². The van der Waals surface area contributed by atoms with Gasteiger partial charge in [-0.05, 0) is 37.1 Å². The quantitative estimate of drug-likeness (QED) is 0.857. The number of hydrogen-bond donors (Lipinski definition) is 1. The Hall–Kier alpha value is -1.43. The van der Waals surface area contributed by atoms with Gasteiger partial charge >= 0.3 is 0 Å². The minimum Gasteiger partial charge on any atom is -0.379 e. The molecular formula is C20H31N3O2. The summed E-state index contributed by atoms with van der Waals surface area (Å²) in [5.41, 5.74) is 2.53. The first kappa shape index (κ1) is 18.4. The Balaban J connectivity index is 1.58. The number of rotatable bonds is 6. The SMILES string of the molecule is CCN1CCCC[C@H]1C(=O)NCc1ccccc1CN1CCOCC1. The van der Waals surface area contributed by atoms with Crippen molar-refractivity contribution in [2.45, 2.75) is 45.3 Å². The third-order valence-electron chi connectivity index (χ3n) is 5.39. The first-order valence-electron chi connectivity index (χ1n) is 9.66. The van der Waals surface area contributed by atoms with E-state index in [0.29, 0.717) is 6.54 Å². The zero-order chi connectivity index (χ0) is 17.5. The summed E-state index contributed by atoms with van der Waals surface area (Å²) in [6.07, 6.45) is 3.34. The lowest BCUT2D eigenvalue weighted by Crippen LogP contribution is -2.49. The molecule has 2 saturated heterocycles. The lowest BCUT2D eigenvalue weighted by atomic mass is 10.0. The number of amides is 1. The van der Waals surface area contributed by atoms with Gasteiger partial charge in [-0.3, -0.25) is 14.6 Å². The summed E-state index contributed by atoms with van der Waals surface area (Å²) in [7, 11) is 0. The summed E-state index contributed by atoms with van der Waals surface area (Å²) in [6.45, 7) is 9.27. The number of nitrogens with zero attached hydrogens (tertiary/aromatic N) is 2. The molecule has 3 rings (SSSR count). The summed E-state index contributed by atoms with van der Waals surface area (Å²) < 4.78 is 5.43. The van der Waals surface area contributed by atoms with E-state index in [1.807, 2.05) is 0 Å². The van der Waals surface area contributed by atoms with Gasteiger partial charge in [-0.15, -0.1) is 0 Å². The van der Waals surface area contributed by atoms with Gasteiger partial charge in [-0.2, -0.15) is 0 Å². The smallest absolute Gasteiger partial charge is 0.237 e. The van der Waals surface area contributed by atoms with Crippen molar-refractivity contribution >= 4 is 5.91 Å². The molecular weight excluding hydrogens is 314 g/mol. The average molecular weight is 345 g/mol. The van der Waals surface area contributed by atoms with Gasteiger partial charge in [0.15, 0.2) is 0 Å². The third-order valence-corrected chi connectivity index (χ3v) is 5.39. The molecule has 1 amide bonds. The van der Waals surface area contributed by atoms with Crippen LogP contribution in [0.3, 0.4) is 0 Å². The van der Waals surface area contributed by atoms with E-state index < -0.39 is 0 Å². The predicted molar refractivity (Wildman–Crippen MR) is 99.3 cm³/mol. The van der Waals surface area contributed by atoms with Gasteiger partial charge in [0.25, 0.3) is 0 Å². The Labute approximate surface area is 151 Å². The molecule has 5 heteroatoms. The number of benzene rings is 1. The molecule has 5 nitrogen and oxygen atoms in total. The molecule has 0 aliphatic carbocycles. The highest BCUT2D eigenvalue weighted by atomic mass is 16.5. The number of nitrogens with one attached hydrogen (secondary N) is 1. The van der Waals surface area contributed by atoms with Crippen molar-refractivity contribution in [1.82, 2.24) is 15.1 Å². The van der Waals surface area contributed by atoms with Gasteiger partial charge in [0.05, 0.1) is 19.3 Å². The second-order valence-electron chi connectivity index (χ2n) is 7.02. The predicted octanol–water partition coefficient (Wildman–Crippen LogP) is 2.01. The summed E-state index contributed by atoms with van der Waals surface area (Å²) in [6, 6.07) is 8.50. The fraction of sp³-hybridized carbons (Fsp3) is 0.650. The summed E-state index contributed by atoms with van der Waals surface area (Å²) in [5.74, 6) is 0.183. The van der Waals surface area contributed by atoms with Crippen LogP contribution in [0.5, 0.6) is 0 Å². The van der Waals surface area contributed by atoms with E-state index in [4.69, 9.17) is 4.74 Å². The Morgan fingerprint density at radius 2 is 1.92 bits per heavy atom.